The number of rotatable bonds is 3. The number of nitrogens with zero attached hydrogens (tertiary/aromatic N) is 4. The predicted molar refractivity (Wildman–Crippen MR) is 113 cm³/mol. The van der Waals surface area contributed by atoms with Crippen molar-refractivity contribution >= 4 is 28.4 Å². The Balaban J connectivity index is 1.63. The largest absolute Gasteiger partial charge is 0.338 e. The molecule has 4 rings (SSSR count). The van der Waals surface area contributed by atoms with Crippen LogP contribution in [0.5, 0.6) is 0 Å². The first-order valence-corrected chi connectivity index (χ1v) is 9.88. The van der Waals surface area contributed by atoms with E-state index in [4.69, 9.17) is 11.6 Å². The summed E-state index contributed by atoms with van der Waals surface area (Å²) in [5.74, 6) is 0.0466. The number of amides is 1. The van der Waals surface area contributed by atoms with Crippen LogP contribution in [0.15, 0.2) is 36.5 Å². The second-order valence-corrected chi connectivity index (χ2v) is 8.37. The van der Waals surface area contributed by atoms with Crippen molar-refractivity contribution in [3.8, 4) is 0 Å². The van der Waals surface area contributed by atoms with Gasteiger partial charge in [-0.1, -0.05) is 29.8 Å². The summed E-state index contributed by atoms with van der Waals surface area (Å²) in [5, 5.41) is 1.37. The van der Waals surface area contributed by atoms with E-state index in [0.717, 1.165) is 23.9 Å². The van der Waals surface area contributed by atoms with Crippen LogP contribution < -0.4 is 0 Å². The molecule has 1 unspecified atom stereocenters. The van der Waals surface area contributed by atoms with Gasteiger partial charge in [0.25, 0.3) is 5.91 Å². The molecule has 2 aromatic heterocycles. The molecule has 1 aromatic carbocycles. The molecule has 0 spiro atoms. The number of aromatic nitrogens is 2. The number of carbonyl (C=O) groups excluding carboxylic acids is 1. The Morgan fingerprint density at radius 3 is 2.79 bits per heavy atom. The normalized spacial score (nSPS) is 16.6. The summed E-state index contributed by atoms with van der Waals surface area (Å²) in [7, 11) is 6.06. The number of halogens is 1. The van der Waals surface area contributed by atoms with Crippen LogP contribution in [0.2, 0.25) is 5.15 Å². The standard InChI is InChI=1S/C22H25ClN4O/c1-14-7-17-8-15(12-25(2)3)5-6-16(17)13-27(14)22(28)19-9-18-10-21(23)24-11-20(18)26(19)4/h5-6,8-11,14H,7,12-13H2,1-4H3. The van der Waals surface area contributed by atoms with Gasteiger partial charge in [0.05, 0.1) is 11.7 Å². The monoisotopic (exact) mass is 396 g/mol. The molecule has 1 amide bonds. The zero-order chi connectivity index (χ0) is 20.0. The van der Waals surface area contributed by atoms with Crippen molar-refractivity contribution < 1.29 is 4.79 Å². The van der Waals surface area contributed by atoms with E-state index in [-0.39, 0.29) is 11.9 Å². The van der Waals surface area contributed by atoms with Gasteiger partial charge in [-0.25, -0.2) is 4.98 Å². The van der Waals surface area contributed by atoms with Gasteiger partial charge in [0.2, 0.25) is 0 Å². The average Bonchev–Trinajstić information content (AvgIpc) is 2.96. The Morgan fingerprint density at radius 2 is 2.04 bits per heavy atom. The fourth-order valence-electron chi connectivity index (χ4n) is 4.09. The van der Waals surface area contributed by atoms with E-state index in [9.17, 15) is 4.79 Å². The topological polar surface area (TPSA) is 41.4 Å². The minimum absolute atomic E-state index is 0.0466. The first kappa shape index (κ1) is 19.0. The molecule has 0 aliphatic carbocycles. The van der Waals surface area contributed by atoms with Gasteiger partial charge in [-0.2, -0.15) is 0 Å². The summed E-state index contributed by atoms with van der Waals surface area (Å²) in [6.07, 6.45) is 2.59. The van der Waals surface area contributed by atoms with Crippen LogP contribution in [0.4, 0.5) is 0 Å². The highest BCUT2D eigenvalue weighted by Crippen LogP contribution is 2.28. The summed E-state index contributed by atoms with van der Waals surface area (Å²) in [5.41, 5.74) is 5.47. The molecule has 1 atom stereocenters. The van der Waals surface area contributed by atoms with Gasteiger partial charge in [-0.15, -0.1) is 0 Å². The minimum atomic E-state index is 0.0466. The maximum atomic E-state index is 13.4. The number of benzene rings is 1. The maximum absolute atomic E-state index is 13.4. The van der Waals surface area contributed by atoms with Gasteiger partial charge in [-0.05, 0) is 56.3 Å². The molecule has 1 aliphatic rings. The van der Waals surface area contributed by atoms with Crippen LogP contribution in [0, 0.1) is 0 Å². The fourth-order valence-corrected chi connectivity index (χ4v) is 4.25. The SMILES string of the molecule is CC1Cc2cc(CN(C)C)ccc2CN1C(=O)c1cc2cc(Cl)ncc2n1C. The van der Waals surface area contributed by atoms with Crippen LogP contribution in [-0.2, 0) is 26.6 Å². The summed E-state index contributed by atoms with van der Waals surface area (Å²) in [4.78, 5) is 21.6. The summed E-state index contributed by atoms with van der Waals surface area (Å²) in [6.45, 7) is 3.69. The third-order valence-corrected chi connectivity index (χ3v) is 5.74. The number of hydrogen-bond donors (Lipinski definition) is 0. The number of aryl methyl sites for hydroxylation is 1. The third-order valence-electron chi connectivity index (χ3n) is 5.53. The number of hydrogen-bond acceptors (Lipinski definition) is 3. The molecule has 5 nitrogen and oxygen atoms in total. The highest BCUT2D eigenvalue weighted by molar-refractivity contribution is 6.30. The Kier molecular flexibility index (Phi) is 4.89. The van der Waals surface area contributed by atoms with Crippen LogP contribution in [0.25, 0.3) is 10.9 Å². The average molecular weight is 397 g/mol. The zero-order valence-corrected chi connectivity index (χ0v) is 17.5. The molecular weight excluding hydrogens is 372 g/mol. The first-order valence-electron chi connectivity index (χ1n) is 9.51. The van der Waals surface area contributed by atoms with Gasteiger partial charge >= 0.3 is 0 Å². The minimum Gasteiger partial charge on any atom is -0.338 e. The lowest BCUT2D eigenvalue weighted by Gasteiger charge is -2.35. The third kappa shape index (κ3) is 3.40. The van der Waals surface area contributed by atoms with Crippen LogP contribution in [0.3, 0.4) is 0 Å². The number of fused-ring (bicyclic) bond motifs is 2. The summed E-state index contributed by atoms with van der Waals surface area (Å²) < 4.78 is 1.91. The Bertz CT molecular complexity index is 1060. The van der Waals surface area contributed by atoms with Crippen molar-refractivity contribution in [3.05, 3.63) is 64.1 Å². The quantitative estimate of drug-likeness (QED) is 0.631. The molecule has 0 radical (unpaired) electrons. The molecule has 1 aliphatic heterocycles. The van der Waals surface area contributed by atoms with E-state index in [0.29, 0.717) is 17.4 Å². The number of carbonyl (C=O) groups is 1. The molecule has 0 fully saturated rings. The lowest BCUT2D eigenvalue weighted by Crippen LogP contribution is -2.43. The second-order valence-electron chi connectivity index (χ2n) is 7.98. The molecular formula is C22H25ClN4O. The molecule has 0 N–H and O–H groups in total. The molecule has 28 heavy (non-hydrogen) atoms. The molecule has 0 bridgehead atoms. The van der Waals surface area contributed by atoms with Gasteiger partial charge in [0, 0.05) is 31.6 Å². The second kappa shape index (κ2) is 7.22. The molecule has 146 valence electrons. The van der Waals surface area contributed by atoms with E-state index in [1.54, 1.807) is 12.3 Å². The highest BCUT2D eigenvalue weighted by Gasteiger charge is 2.29. The van der Waals surface area contributed by atoms with Crippen LogP contribution in [0.1, 0.15) is 34.1 Å². The van der Waals surface area contributed by atoms with E-state index in [1.807, 2.05) is 22.6 Å². The van der Waals surface area contributed by atoms with Crippen molar-refractivity contribution in [1.82, 2.24) is 19.4 Å². The van der Waals surface area contributed by atoms with E-state index in [2.05, 4.69) is 49.1 Å². The Labute approximate surface area is 170 Å². The van der Waals surface area contributed by atoms with Crippen molar-refractivity contribution in [1.29, 1.82) is 0 Å². The van der Waals surface area contributed by atoms with Gasteiger partial charge in [0.1, 0.15) is 10.8 Å². The molecule has 3 aromatic rings. The lowest BCUT2D eigenvalue weighted by atomic mass is 9.92. The highest BCUT2D eigenvalue weighted by atomic mass is 35.5. The smallest absolute Gasteiger partial charge is 0.271 e. The fraction of sp³-hybridized carbons (Fsp3) is 0.364. The van der Waals surface area contributed by atoms with Crippen LogP contribution in [-0.4, -0.2) is 45.4 Å². The predicted octanol–water partition coefficient (Wildman–Crippen LogP) is 3.88. The van der Waals surface area contributed by atoms with E-state index < -0.39 is 0 Å². The van der Waals surface area contributed by atoms with E-state index >= 15 is 0 Å². The van der Waals surface area contributed by atoms with Crippen molar-refractivity contribution in [2.75, 3.05) is 14.1 Å². The van der Waals surface area contributed by atoms with Gasteiger partial charge < -0.3 is 14.4 Å². The van der Waals surface area contributed by atoms with Gasteiger partial charge in [0.15, 0.2) is 0 Å². The van der Waals surface area contributed by atoms with Crippen LogP contribution >= 0.6 is 11.6 Å². The van der Waals surface area contributed by atoms with Crippen molar-refractivity contribution in [3.63, 3.8) is 0 Å². The first-order chi connectivity index (χ1) is 13.3. The van der Waals surface area contributed by atoms with Gasteiger partial charge in [-0.3, -0.25) is 4.79 Å². The molecule has 6 heteroatoms. The summed E-state index contributed by atoms with van der Waals surface area (Å²) >= 11 is 6.01. The van der Waals surface area contributed by atoms with Crippen molar-refractivity contribution in [2.45, 2.75) is 32.5 Å². The Morgan fingerprint density at radius 1 is 1.25 bits per heavy atom. The molecule has 3 heterocycles. The molecule has 0 saturated heterocycles. The maximum Gasteiger partial charge on any atom is 0.271 e. The molecule has 0 saturated carbocycles. The lowest BCUT2D eigenvalue weighted by molar-refractivity contribution is 0.0649. The number of pyridine rings is 1. The Hall–Kier alpha value is -2.37. The van der Waals surface area contributed by atoms with E-state index in [1.165, 1.54) is 16.7 Å². The van der Waals surface area contributed by atoms with Crippen molar-refractivity contribution in [2.24, 2.45) is 7.05 Å². The summed E-state index contributed by atoms with van der Waals surface area (Å²) in [6, 6.07) is 10.5. The zero-order valence-electron chi connectivity index (χ0n) is 16.7.